The number of nitrogens with one attached hydrogen (secondary N) is 1. The monoisotopic (exact) mass is 242 g/mol. The van der Waals surface area contributed by atoms with E-state index >= 15 is 0 Å². The van der Waals surface area contributed by atoms with Gasteiger partial charge in [0.15, 0.2) is 0 Å². The lowest BCUT2D eigenvalue weighted by atomic mass is 10.3. The Morgan fingerprint density at radius 3 is 2.81 bits per heavy atom. The van der Waals surface area contributed by atoms with Gasteiger partial charge in [0.1, 0.15) is 10.7 Å². The van der Waals surface area contributed by atoms with Crippen LogP contribution in [0.4, 0.5) is 10.1 Å². The molecular formula is C10H11FN2O2S. The van der Waals surface area contributed by atoms with E-state index in [4.69, 9.17) is 12.2 Å². The minimum Gasteiger partial charge on any atom is -0.395 e. The van der Waals surface area contributed by atoms with Gasteiger partial charge in [-0.3, -0.25) is 0 Å². The third-order valence-corrected chi connectivity index (χ3v) is 3.38. The second-order valence-electron chi connectivity index (χ2n) is 3.00. The topological polar surface area (TPSA) is 72.2 Å². The summed E-state index contributed by atoms with van der Waals surface area (Å²) in [6.45, 7) is 0.0921. The number of halogens is 1. The van der Waals surface area contributed by atoms with Gasteiger partial charge >= 0.3 is 0 Å². The lowest BCUT2D eigenvalue weighted by Crippen LogP contribution is -2.25. The minimum atomic E-state index is -3.80. The number of nitrogen functional groups attached to an aromatic ring is 1. The second kappa shape index (κ2) is 4.96. The highest BCUT2D eigenvalue weighted by molar-refractivity contribution is 7.89. The Balaban J connectivity index is 3.00. The predicted molar refractivity (Wildman–Crippen MR) is 59.5 cm³/mol. The van der Waals surface area contributed by atoms with Crippen molar-refractivity contribution in [2.75, 3.05) is 12.3 Å². The maximum Gasteiger partial charge on any atom is 0.242 e. The van der Waals surface area contributed by atoms with Crippen LogP contribution in [0.2, 0.25) is 0 Å². The van der Waals surface area contributed by atoms with Gasteiger partial charge < -0.3 is 5.73 Å². The maximum atomic E-state index is 13.0. The fraction of sp³-hybridized carbons (Fsp3) is 0.200. The molecule has 6 heteroatoms. The minimum absolute atomic E-state index is 0.0921. The highest BCUT2D eigenvalue weighted by atomic mass is 32.2. The Morgan fingerprint density at radius 1 is 1.50 bits per heavy atom. The fourth-order valence-corrected chi connectivity index (χ4v) is 2.26. The summed E-state index contributed by atoms with van der Waals surface area (Å²) in [6, 6.07) is 3.61. The van der Waals surface area contributed by atoms with Crippen molar-refractivity contribution in [1.29, 1.82) is 0 Å². The molecular weight excluding hydrogens is 231 g/mol. The van der Waals surface area contributed by atoms with Crippen molar-refractivity contribution < 1.29 is 12.8 Å². The average Bonchev–Trinajstić information content (AvgIpc) is 2.22. The van der Waals surface area contributed by atoms with Crippen LogP contribution in [0.3, 0.4) is 0 Å². The van der Waals surface area contributed by atoms with Gasteiger partial charge in [0.2, 0.25) is 10.0 Å². The molecule has 0 heterocycles. The number of anilines is 1. The molecule has 0 aromatic heterocycles. The van der Waals surface area contributed by atoms with Gasteiger partial charge in [0.25, 0.3) is 0 Å². The van der Waals surface area contributed by atoms with Gasteiger partial charge in [-0.2, -0.15) is 0 Å². The zero-order valence-electron chi connectivity index (χ0n) is 8.40. The van der Waals surface area contributed by atoms with Crippen LogP contribution in [-0.4, -0.2) is 15.0 Å². The first kappa shape index (κ1) is 12.5. The number of benzene rings is 1. The van der Waals surface area contributed by atoms with Gasteiger partial charge in [-0.25, -0.2) is 17.5 Å². The smallest absolute Gasteiger partial charge is 0.242 e. The van der Waals surface area contributed by atoms with Crippen molar-refractivity contribution in [3.8, 4) is 12.3 Å². The van der Waals surface area contributed by atoms with E-state index in [0.717, 1.165) is 6.07 Å². The molecule has 0 aliphatic heterocycles. The third-order valence-electron chi connectivity index (χ3n) is 1.86. The van der Waals surface area contributed by atoms with Gasteiger partial charge in [-0.05, 0) is 12.1 Å². The van der Waals surface area contributed by atoms with Crippen LogP contribution >= 0.6 is 0 Å². The Morgan fingerprint density at radius 2 is 2.19 bits per heavy atom. The second-order valence-corrected chi connectivity index (χ2v) is 4.74. The summed E-state index contributed by atoms with van der Waals surface area (Å²) >= 11 is 0. The molecule has 0 saturated heterocycles. The Hall–Kier alpha value is -1.58. The molecule has 0 saturated carbocycles. The number of terminal acetylenes is 1. The van der Waals surface area contributed by atoms with Gasteiger partial charge in [-0.15, -0.1) is 12.3 Å². The van der Waals surface area contributed by atoms with Crippen molar-refractivity contribution >= 4 is 15.7 Å². The van der Waals surface area contributed by atoms with E-state index in [-0.39, 0.29) is 17.9 Å². The fourth-order valence-electron chi connectivity index (χ4n) is 1.09. The molecule has 0 radical (unpaired) electrons. The molecule has 0 aliphatic rings. The van der Waals surface area contributed by atoms with Crippen molar-refractivity contribution in [3.05, 3.63) is 24.0 Å². The molecule has 1 aromatic carbocycles. The van der Waals surface area contributed by atoms with Crippen LogP contribution in [0, 0.1) is 18.2 Å². The molecule has 3 N–H and O–H groups in total. The molecule has 0 aliphatic carbocycles. The number of para-hydroxylation sites is 1. The standard InChI is InChI=1S/C10H11FN2O2S/c1-2-3-7-13-16(14,15)9-6-4-5-8(11)10(9)12/h1,4-6,13H,3,7,12H2. The van der Waals surface area contributed by atoms with Crippen molar-refractivity contribution in [3.63, 3.8) is 0 Å². The number of nitrogens with two attached hydrogens (primary N) is 1. The number of hydrogen-bond acceptors (Lipinski definition) is 3. The summed E-state index contributed by atoms with van der Waals surface area (Å²) in [7, 11) is -3.80. The van der Waals surface area contributed by atoms with E-state index < -0.39 is 21.5 Å². The number of hydrogen-bond donors (Lipinski definition) is 2. The van der Waals surface area contributed by atoms with Gasteiger partial charge in [0.05, 0.1) is 5.69 Å². The van der Waals surface area contributed by atoms with Gasteiger partial charge in [0, 0.05) is 13.0 Å². The SMILES string of the molecule is C#CCCNS(=O)(=O)c1cccc(F)c1N. The van der Waals surface area contributed by atoms with Crippen molar-refractivity contribution in [1.82, 2.24) is 4.72 Å². The molecule has 0 fully saturated rings. The Kier molecular flexibility index (Phi) is 3.88. The zero-order chi connectivity index (χ0) is 12.2. The quantitative estimate of drug-likeness (QED) is 0.464. The Labute approximate surface area is 93.7 Å². The van der Waals surface area contributed by atoms with E-state index in [0.29, 0.717) is 0 Å². The highest BCUT2D eigenvalue weighted by Gasteiger charge is 2.18. The van der Waals surface area contributed by atoms with E-state index in [1.165, 1.54) is 12.1 Å². The van der Waals surface area contributed by atoms with E-state index in [1.54, 1.807) is 0 Å². The van der Waals surface area contributed by atoms with Crippen molar-refractivity contribution in [2.24, 2.45) is 0 Å². The summed E-state index contributed by atoms with van der Waals surface area (Å²) < 4.78 is 38.6. The molecule has 86 valence electrons. The number of rotatable bonds is 4. The third kappa shape index (κ3) is 2.72. The Bertz CT molecular complexity index is 520. The predicted octanol–water partition coefficient (Wildman–Crippen LogP) is 0.710. The zero-order valence-corrected chi connectivity index (χ0v) is 9.22. The lowest BCUT2D eigenvalue weighted by Gasteiger charge is -2.08. The van der Waals surface area contributed by atoms with E-state index in [9.17, 15) is 12.8 Å². The molecule has 0 unspecified atom stereocenters. The molecule has 1 aromatic rings. The van der Waals surface area contributed by atoms with E-state index in [1.807, 2.05) is 0 Å². The maximum absolute atomic E-state index is 13.0. The largest absolute Gasteiger partial charge is 0.395 e. The van der Waals surface area contributed by atoms with Gasteiger partial charge in [-0.1, -0.05) is 6.07 Å². The number of sulfonamides is 1. The molecule has 0 spiro atoms. The van der Waals surface area contributed by atoms with Crippen LogP contribution in [-0.2, 0) is 10.0 Å². The first-order valence-corrected chi connectivity index (χ1v) is 5.94. The van der Waals surface area contributed by atoms with Crippen LogP contribution in [0.5, 0.6) is 0 Å². The van der Waals surface area contributed by atoms with Crippen LogP contribution < -0.4 is 10.5 Å². The molecule has 0 bridgehead atoms. The molecule has 0 atom stereocenters. The van der Waals surface area contributed by atoms with E-state index in [2.05, 4.69) is 10.6 Å². The lowest BCUT2D eigenvalue weighted by molar-refractivity contribution is 0.580. The average molecular weight is 242 g/mol. The first-order chi connectivity index (χ1) is 7.49. The molecule has 4 nitrogen and oxygen atoms in total. The van der Waals surface area contributed by atoms with Crippen LogP contribution in [0.1, 0.15) is 6.42 Å². The van der Waals surface area contributed by atoms with Crippen LogP contribution in [0.15, 0.2) is 23.1 Å². The highest BCUT2D eigenvalue weighted by Crippen LogP contribution is 2.20. The molecule has 0 amide bonds. The normalized spacial score (nSPS) is 11.0. The van der Waals surface area contributed by atoms with Crippen molar-refractivity contribution in [2.45, 2.75) is 11.3 Å². The summed E-state index contributed by atoms with van der Waals surface area (Å²) in [5, 5.41) is 0. The summed E-state index contributed by atoms with van der Waals surface area (Å²) in [5.41, 5.74) is 4.95. The first-order valence-electron chi connectivity index (χ1n) is 4.46. The molecule has 1 rings (SSSR count). The van der Waals surface area contributed by atoms with Crippen LogP contribution in [0.25, 0.3) is 0 Å². The summed E-state index contributed by atoms with van der Waals surface area (Å²) in [5.74, 6) is 1.52. The molecule has 16 heavy (non-hydrogen) atoms. The summed E-state index contributed by atoms with van der Waals surface area (Å²) in [4.78, 5) is -0.274. The summed E-state index contributed by atoms with van der Waals surface area (Å²) in [6.07, 6.45) is 5.24.